The SMILES string of the molecule is CCNC(=NCC(C)N1CCN(C)CC1)N1CCN(c2ccccn2)CC1. The molecule has 0 spiro atoms. The second kappa shape index (κ2) is 9.90. The van der Waals surface area contributed by atoms with Crippen LogP contribution in [0, 0.1) is 0 Å². The molecule has 2 aliphatic rings. The van der Waals surface area contributed by atoms with E-state index in [1.54, 1.807) is 0 Å². The first-order valence-electron chi connectivity index (χ1n) is 10.3. The van der Waals surface area contributed by atoms with E-state index in [-0.39, 0.29) is 0 Å². The van der Waals surface area contributed by atoms with Crippen LogP contribution in [-0.4, -0.2) is 104 Å². The van der Waals surface area contributed by atoms with Crippen molar-refractivity contribution in [2.24, 2.45) is 4.99 Å². The topological polar surface area (TPSA) is 50.2 Å². The van der Waals surface area contributed by atoms with Gasteiger partial charge in [0.1, 0.15) is 5.82 Å². The number of guanidine groups is 1. The molecule has 7 heteroatoms. The number of nitrogens with one attached hydrogen (secondary N) is 1. The summed E-state index contributed by atoms with van der Waals surface area (Å²) < 4.78 is 0. The maximum Gasteiger partial charge on any atom is 0.194 e. The largest absolute Gasteiger partial charge is 0.357 e. The van der Waals surface area contributed by atoms with Crippen LogP contribution < -0.4 is 10.2 Å². The maximum atomic E-state index is 4.97. The van der Waals surface area contributed by atoms with E-state index in [1.807, 2.05) is 12.3 Å². The van der Waals surface area contributed by atoms with Gasteiger partial charge in [-0.2, -0.15) is 0 Å². The summed E-state index contributed by atoms with van der Waals surface area (Å²) in [5, 5.41) is 3.49. The molecule has 0 saturated carbocycles. The summed E-state index contributed by atoms with van der Waals surface area (Å²) in [4.78, 5) is 19.2. The molecule has 0 amide bonds. The maximum absolute atomic E-state index is 4.97. The fourth-order valence-electron chi connectivity index (χ4n) is 3.71. The van der Waals surface area contributed by atoms with Crippen molar-refractivity contribution in [2.75, 3.05) is 77.4 Å². The molecule has 150 valence electrons. The van der Waals surface area contributed by atoms with Crippen molar-refractivity contribution in [3.8, 4) is 0 Å². The highest BCUT2D eigenvalue weighted by atomic mass is 15.4. The van der Waals surface area contributed by atoms with Crippen molar-refractivity contribution in [2.45, 2.75) is 19.9 Å². The number of aromatic nitrogens is 1. The summed E-state index contributed by atoms with van der Waals surface area (Å²) in [5.41, 5.74) is 0. The smallest absolute Gasteiger partial charge is 0.194 e. The summed E-state index contributed by atoms with van der Waals surface area (Å²) in [6.45, 7) is 14.7. The summed E-state index contributed by atoms with van der Waals surface area (Å²) in [7, 11) is 2.20. The molecular formula is C20H35N7. The Morgan fingerprint density at radius 3 is 2.48 bits per heavy atom. The van der Waals surface area contributed by atoms with Crippen LogP contribution in [0.15, 0.2) is 29.4 Å². The number of hydrogen-bond acceptors (Lipinski definition) is 5. The van der Waals surface area contributed by atoms with Crippen molar-refractivity contribution < 1.29 is 0 Å². The van der Waals surface area contributed by atoms with Gasteiger partial charge in [-0.3, -0.25) is 9.89 Å². The number of anilines is 1. The monoisotopic (exact) mass is 373 g/mol. The van der Waals surface area contributed by atoms with Gasteiger partial charge in [0.05, 0.1) is 6.54 Å². The third-order valence-corrected chi connectivity index (χ3v) is 5.55. The van der Waals surface area contributed by atoms with Crippen molar-refractivity contribution >= 4 is 11.8 Å². The number of rotatable bonds is 5. The number of nitrogens with zero attached hydrogens (tertiary/aromatic N) is 6. The summed E-state index contributed by atoms with van der Waals surface area (Å²) >= 11 is 0. The predicted molar refractivity (Wildman–Crippen MR) is 113 cm³/mol. The molecule has 1 unspecified atom stereocenters. The lowest BCUT2D eigenvalue weighted by molar-refractivity contribution is 0.122. The van der Waals surface area contributed by atoms with E-state index >= 15 is 0 Å². The molecule has 0 bridgehead atoms. The molecule has 0 aliphatic carbocycles. The van der Waals surface area contributed by atoms with Crippen LogP contribution in [0.4, 0.5) is 5.82 Å². The Morgan fingerprint density at radius 2 is 1.85 bits per heavy atom. The molecule has 27 heavy (non-hydrogen) atoms. The van der Waals surface area contributed by atoms with Gasteiger partial charge in [0.25, 0.3) is 0 Å². The quantitative estimate of drug-likeness (QED) is 0.609. The zero-order valence-electron chi connectivity index (χ0n) is 17.1. The molecule has 7 nitrogen and oxygen atoms in total. The van der Waals surface area contributed by atoms with Gasteiger partial charge in [-0.1, -0.05) is 6.07 Å². The highest BCUT2D eigenvalue weighted by Crippen LogP contribution is 2.13. The molecule has 3 heterocycles. The Balaban J connectivity index is 1.53. The van der Waals surface area contributed by atoms with Gasteiger partial charge in [-0.05, 0) is 33.0 Å². The molecule has 2 aliphatic heterocycles. The average Bonchev–Trinajstić information content (AvgIpc) is 2.72. The van der Waals surface area contributed by atoms with Crippen LogP contribution in [0.5, 0.6) is 0 Å². The second-order valence-corrected chi connectivity index (χ2v) is 7.54. The van der Waals surface area contributed by atoms with E-state index in [2.05, 4.69) is 62.9 Å². The zero-order valence-corrected chi connectivity index (χ0v) is 17.1. The lowest BCUT2D eigenvalue weighted by Crippen LogP contribution is -2.53. The highest BCUT2D eigenvalue weighted by molar-refractivity contribution is 5.80. The number of likely N-dealkylation sites (N-methyl/N-ethyl adjacent to an activating group) is 1. The van der Waals surface area contributed by atoms with Gasteiger partial charge in [0.15, 0.2) is 5.96 Å². The zero-order chi connectivity index (χ0) is 19.1. The van der Waals surface area contributed by atoms with Crippen LogP contribution >= 0.6 is 0 Å². The third kappa shape index (κ3) is 5.56. The Labute approximate surface area is 164 Å². The minimum atomic E-state index is 0.488. The predicted octanol–water partition coefficient (Wildman–Crippen LogP) is 0.805. The van der Waals surface area contributed by atoms with Gasteiger partial charge in [0.2, 0.25) is 0 Å². The Hall–Kier alpha value is -1.86. The molecule has 1 aromatic heterocycles. The van der Waals surface area contributed by atoms with Crippen molar-refractivity contribution in [1.29, 1.82) is 0 Å². The summed E-state index contributed by atoms with van der Waals surface area (Å²) in [6, 6.07) is 6.60. The number of pyridine rings is 1. The molecule has 3 rings (SSSR count). The molecule has 0 radical (unpaired) electrons. The first kappa shape index (κ1) is 19.9. The van der Waals surface area contributed by atoms with Crippen LogP contribution in [-0.2, 0) is 0 Å². The number of hydrogen-bond donors (Lipinski definition) is 1. The second-order valence-electron chi connectivity index (χ2n) is 7.54. The highest BCUT2D eigenvalue weighted by Gasteiger charge is 2.22. The van der Waals surface area contributed by atoms with Crippen LogP contribution in [0.25, 0.3) is 0 Å². The average molecular weight is 374 g/mol. The third-order valence-electron chi connectivity index (χ3n) is 5.55. The van der Waals surface area contributed by atoms with E-state index in [1.165, 1.54) is 0 Å². The van der Waals surface area contributed by atoms with Crippen LogP contribution in [0.1, 0.15) is 13.8 Å². The van der Waals surface area contributed by atoms with Crippen LogP contribution in [0.3, 0.4) is 0 Å². The number of piperazine rings is 2. The minimum absolute atomic E-state index is 0.488. The van der Waals surface area contributed by atoms with E-state index in [4.69, 9.17) is 4.99 Å². The molecule has 2 saturated heterocycles. The lowest BCUT2D eigenvalue weighted by atomic mass is 10.2. The van der Waals surface area contributed by atoms with Gasteiger partial charge in [0, 0.05) is 71.1 Å². The fraction of sp³-hybridized carbons (Fsp3) is 0.700. The molecule has 2 fully saturated rings. The van der Waals surface area contributed by atoms with Crippen molar-refractivity contribution in [3.05, 3.63) is 24.4 Å². The molecule has 1 aromatic rings. The standard InChI is InChI=1S/C20H35N7/c1-4-21-20(23-17-18(2)25-11-9-24(3)10-12-25)27-15-13-26(14-16-27)19-7-5-6-8-22-19/h5-8,18H,4,9-17H2,1-3H3,(H,21,23). The van der Waals surface area contributed by atoms with Crippen molar-refractivity contribution in [1.82, 2.24) is 25.0 Å². The van der Waals surface area contributed by atoms with Gasteiger partial charge < -0.3 is 20.0 Å². The van der Waals surface area contributed by atoms with E-state index < -0.39 is 0 Å². The van der Waals surface area contributed by atoms with Gasteiger partial charge in [-0.15, -0.1) is 0 Å². The Morgan fingerprint density at radius 1 is 1.11 bits per heavy atom. The normalized spacial score (nSPS) is 21.4. The van der Waals surface area contributed by atoms with E-state index in [0.29, 0.717) is 6.04 Å². The summed E-state index contributed by atoms with van der Waals surface area (Å²) in [6.07, 6.45) is 1.87. The van der Waals surface area contributed by atoms with Crippen molar-refractivity contribution in [3.63, 3.8) is 0 Å². The van der Waals surface area contributed by atoms with Gasteiger partial charge in [-0.25, -0.2) is 4.98 Å². The fourth-order valence-corrected chi connectivity index (χ4v) is 3.71. The Kier molecular flexibility index (Phi) is 7.29. The molecule has 1 N–H and O–H groups in total. The van der Waals surface area contributed by atoms with Gasteiger partial charge >= 0.3 is 0 Å². The van der Waals surface area contributed by atoms with E-state index in [9.17, 15) is 0 Å². The lowest BCUT2D eigenvalue weighted by Gasteiger charge is -2.38. The van der Waals surface area contributed by atoms with E-state index in [0.717, 1.165) is 77.2 Å². The minimum Gasteiger partial charge on any atom is -0.357 e. The van der Waals surface area contributed by atoms with Crippen LogP contribution in [0.2, 0.25) is 0 Å². The molecular weight excluding hydrogens is 338 g/mol. The summed E-state index contributed by atoms with van der Waals surface area (Å²) in [5.74, 6) is 2.13. The molecule has 0 aromatic carbocycles. The molecule has 1 atom stereocenters. The first-order chi connectivity index (χ1) is 13.2. The Bertz CT molecular complexity index is 575. The number of aliphatic imine (C=N–C) groups is 1. The first-order valence-corrected chi connectivity index (χ1v) is 10.3.